The van der Waals surface area contributed by atoms with E-state index in [1.807, 2.05) is 17.8 Å². The van der Waals surface area contributed by atoms with Crippen LogP contribution in [0.25, 0.3) is 11.1 Å². The highest BCUT2D eigenvalue weighted by atomic mass is 32.2. The number of thioether (sulfide) groups is 1. The predicted octanol–water partition coefficient (Wildman–Crippen LogP) is 6.37. The summed E-state index contributed by atoms with van der Waals surface area (Å²) < 4.78 is 0. The molecule has 0 aliphatic carbocycles. The maximum atomic E-state index is 5.67. The van der Waals surface area contributed by atoms with E-state index in [0.29, 0.717) is 0 Å². The maximum Gasteiger partial charge on any atom is 0.0521 e. The number of thiocarbonyl (C=S) groups is 1. The third-order valence-electron chi connectivity index (χ3n) is 3.94. The van der Waals surface area contributed by atoms with E-state index in [2.05, 4.69) is 79.7 Å². The molecule has 0 aromatic heterocycles. The summed E-state index contributed by atoms with van der Waals surface area (Å²) in [6.07, 6.45) is 0. The summed E-state index contributed by atoms with van der Waals surface area (Å²) in [7, 11) is 0. The highest BCUT2D eigenvalue weighted by Crippen LogP contribution is 2.21. The summed E-state index contributed by atoms with van der Waals surface area (Å²) in [5.74, 6) is 2.21. The number of hydrogen-bond acceptors (Lipinski definition) is 2. The van der Waals surface area contributed by atoms with Crippen molar-refractivity contribution < 1.29 is 0 Å². The van der Waals surface area contributed by atoms with E-state index in [1.165, 1.54) is 16.7 Å². The van der Waals surface area contributed by atoms with Crippen molar-refractivity contribution in [3.63, 3.8) is 0 Å². The first-order valence-electron chi connectivity index (χ1n) is 8.15. The van der Waals surface area contributed by atoms with Crippen LogP contribution in [0.2, 0.25) is 0 Å². The molecule has 0 nitrogen and oxygen atoms in total. The molecule has 0 aliphatic rings. The highest BCUT2D eigenvalue weighted by molar-refractivity contribution is 7.98. The first-order valence-corrected chi connectivity index (χ1v) is 9.71. The van der Waals surface area contributed by atoms with Gasteiger partial charge in [0.05, 0.1) is 4.86 Å². The lowest BCUT2D eigenvalue weighted by Gasteiger charge is -2.08. The fourth-order valence-corrected chi connectivity index (χ4v) is 3.49. The largest absolute Gasteiger partial charge is 0.157 e. The molecule has 0 fully saturated rings. The van der Waals surface area contributed by atoms with Gasteiger partial charge in [-0.3, -0.25) is 0 Å². The Morgan fingerprint density at radius 1 is 0.750 bits per heavy atom. The first kappa shape index (κ1) is 16.9. The zero-order valence-electron chi connectivity index (χ0n) is 13.7. The predicted molar refractivity (Wildman–Crippen MR) is 111 cm³/mol. The molecule has 2 heteroatoms. The molecule has 0 bridgehead atoms. The molecule has 120 valence electrons. The van der Waals surface area contributed by atoms with Gasteiger partial charge in [0.15, 0.2) is 0 Å². The Hall–Kier alpha value is -1.90. The minimum absolute atomic E-state index is 0.907. The van der Waals surface area contributed by atoms with Crippen LogP contribution in [0, 0.1) is 0 Å². The van der Waals surface area contributed by atoms with Crippen LogP contribution in [-0.4, -0.2) is 10.6 Å². The van der Waals surface area contributed by atoms with Crippen molar-refractivity contribution in [2.75, 3.05) is 5.75 Å². The van der Waals surface area contributed by atoms with Crippen molar-refractivity contribution >= 4 is 28.8 Å². The summed E-state index contributed by atoms with van der Waals surface area (Å²) in [6.45, 7) is 2.19. The Balaban J connectivity index is 1.75. The van der Waals surface area contributed by atoms with Gasteiger partial charge in [-0.2, -0.15) is 11.8 Å². The summed E-state index contributed by atoms with van der Waals surface area (Å²) in [4.78, 5) is 0.907. The van der Waals surface area contributed by atoms with E-state index in [4.69, 9.17) is 12.2 Å². The van der Waals surface area contributed by atoms with E-state index in [-0.39, 0.29) is 0 Å². The average Bonchev–Trinajstić information content (AvgIpc) is 2.67. The molecular weight excluding hydrogens is 328 g/mol. The van der Waals surface area contributed by atoms with Gasteiger partial charge >= 0.3 is 0 Å². The van der Waals surface area contributed by atoms with Gasteiger partial charge in [0.2, 0.25) is 0 Å². The van der Waals surface area contributed by atoms with Gasteiger partial charge < -0.3 is 0 Å². The Kier molecular flexibility index (Phi) is 5.84. The topological polar surface area (TPSA) is 0 Å². The first-order chi connectivity index (χ1) is 11.8. The fraction of sp³-hybridized carbons (Fsp3) is 0.136. The Morgan fingerprint density at radius 2 is 1.29 bits per heavy atom. The van der Waals surface area contributed by atoms with Crippen LogP contribution >= 0.6 is 24.0 Å². The van der Waals surface area contributed by atoms with Gasteiger partial charge in [-0.1, -0.05) is 98.0 Å². The average molecular weight is 349 g/mol. The van der Waals surface area contributed by atoms with Crippen LogP contribution in [-0.2, 0) is 5.75 Å². The molecule has 3 aromatic carbocycles. The molecule has 0 aliphatic heterocycles. The summed E-state index contributed by atoms with van der Waals surface area (Å²) >= 11 is 7.61. The highest BCUT2D eigenvalue weighted by Gasteiger charge is 2.05. The minimum Gasteiger partial charge on any atom is -0.157 e. The van der Waals surface area contributed by atoms with Crippen molar-refractivity contribution in [1.82, 2.24) is 0 Å². The summed E-state index contributed by atoms with van der Waals surface area (Å²) in [6, 6.07) is 27.6. The zero-order chi connectivity index (χ0) is 16.8. The van der Waals surface area contributed by atoms with Crippen LogP contribution < -0.4 is 0 Å². The molecule has 0 N–H and O–H groups in total. The minimum atomic E-state index is 0.907. The van der Waals surface area contributed by atoms with Crippen LogP contribution in [0.15, 0.2) is 78.9 Å². The number of rotatable bonds is 6. The Labute approximate surface area is 153 Å². The van der Waals surface area contributed by atoms with E-state index < -0.39 is 0 Å². The maximum absolute atomic E-state index is 5.67. The van der Waals surface area contributed by atoms with Gasteiger partial charge in [-0.15, -0.1) is 0 Å². The smallest absolute Gasteiger partial charge is 0.0521 e. The van der Waals surface area contributed by atoms with Crippen LogP contribution in [0.4, 0.5) is 0 Å². The van der Waals surface area contributed by atoms with Gasteiger partial charge in [-0.05, 0) is 33.6 Å². The zero-order valence-corrected chi connectivity index (χ0v) is 15.4. The lowest BCUT2D eigenvalue weighted by Crippen LogP contribution is -1.99. The monoisotopic (exact) mass is 348 g/mol. The van der Waals surface area contributed by atoms with Gasteiger partial charge in [0.1, 0.15) is 0 Å². The van der Waals surface area contributed by atoms with E-state index >= 15 is 0 Å². The molecule has 0 amide bonds. The van der Waals surface area contributed by atoms with Crippen molar-refractivity contribution in [3.8, 4) is 11.1 Å². The molecule has 0 radical (unpaired) electrons. The van der Waals surface area contributed by atoms with E-state index in [9.17, 15) is 0 Å². The normalized spacial score (nSPS) is 10.5. The number of hydrogen-bond donors (Lipinski definition) is 0. The van der Waals surface area contributed by atoms with Crippen molar-refractivity contribution in [2.24, 2.45) is 0 Å². The van der Waals surface area contributed by atoms with Crippen LogP contribution in [0.5, 0.6) is 0 Å². The second-order valence-electron chi connectivity index (χ2n) is 5.61. The molecule has 0 unspecified atom stereocenters. The standard InChI is InChI=1S/C22H20S2/c1-2-24-16-17-8-10-20(11-9-17)22(23)21-14-12-19(13-15-21)18-6-4-3-5-7-18/h3-15H,2,16H2,1H3. The molecule has 3 rings (SSSR count). The molecule has 3 aromatic rings. The second-order valence-corrected chi connectivity index (χ2v) is 7.29. The summed E-state index contributed by atoms with van der Waals surface area (Å²) in [5, 5.41) is 0. The Bertz CT molecular complexity index is 788. The van der Waals surface area contributed by atoms with Crippen molar-refractivity contribution in [3.05, 3.63) is 95.6 Å². The quantitative estimate of drug-likeness (QED) is 0.375. The van der Waals surface area contributed by atoms with E-state index in [1.54, 1.807) is 0 Å². The third kappa shape index (κ3) is 4.14. The molecule has 0 spiro atoms. The van der Waals surface area contributed by atoms with Gasteiger partial charge in [0.25, 0.3) is 0 Å². The molecule has 0 saturated heterocycles. The fourth-order valence-electron chi connectivity index (χ4n) is 2.58. The molecule has 0 saturated carbocycles. The lowest BCUT2D eigenvalue weighted by atomic mass is 10.00. The van der Waals surface area contributed by atoms with Crippen molar-refractivity contribution in [1.29, 1.82) is 0 Å². The Morgan fingerprint density at radius 3 is 1.88 bits per heavy atom. The number of benzene rings is 3. The molecule has 0 atom stereocenters. The lowest BCUT2D eigenvalue weighted by molar-refractivity contribution is 1.39. The van der Waals surface area contributed by atoms with Gasteiger partial charge in [-0.25, -0.2) is 0 Å². The molecular formula is C22H20S2. The third-order valence-corrected chi connectivity index (χ3v) is 5.36. The second kappa shape index (κ2) is 8.27. The SMILES string of the molecule is CCSCc1ccc(C(=S)c2ccc(-c3ccccc3)cc2)cc1. The van der Waals surface area contributed by atoms with Crippen LogP contribution in [0.1, 0.15) is 23.6 Å². The summed E-state index contributed by atoms with van der Waals surface area (Å²) in [5.41, 5.74) is 6.01. The van der Waals surface area contributed by atoms with E-state index in [0.717, 1.165) is 27.5 Å². The molecule has 24 heavy (non-hydrogen) atoms. The van der Waals surface area contributed by atoms with Gasteiger partial charge in [0, 0.05) is 5.75 Å². The van der Waals surface area contributed by atoms with Crippen LogP contribution in [0.3, 0.4) is 0 Å². The molecule has 0 heterocycles. The van der Waals surface area contributed by atoms with Crippen molar-refractivity contribution in [2.45, 2.75) is 12.7 Å².